The molecule has 0 fully saturated rings. The van der Waals surface area contributed by atoms with Gasteiger partial charge >= 0.3 is 6.18 Å². The van der Waals surface area contributed by atoms with Crippen molar-refractivity contribution in [1.82, 2.24) is 15.5 Å². The van der Waals surface area contributed by atoms with Crippen LogP contribution in [0.1, 0.15) is 10.0 Å². The Morgan fingerprint density at radius 1 is 1.47 bits per heavy atom. The number of nitrogens with one attached hydrogen (secondary N) is 1. The highest BCUT2D eigenvalue weighted by Gasteiger charge is 2.35. The number of hydrogen-bond donors (Lipinski definition) is 1. The second-order valence-corrected chi connectivity index (χ2v) is 3.74. The first-order valence-electron chi connectivity index (χ1n) is 3.65. The van der Waals surface area contributed by atoms with Gasteiger partial charge in [-0.15, -0.1) is 21.8 Å². The Hall–Kier alpha value is -0.890. The Labute approximate surface area is 91.5 Å². The summed E-state index contributed by atoms with van der Waals surface area (Å²) in [7, 11) is 0. The molecule has 0 aliphatic rings. The van der Waals surface area contributed by atoms with E-state index in [-0.39, 0.29) is 17.4 Å². The summed E-state index contributed by atoms with van der Waals surface area (Å²) < 4.78 is 36.2. The zero-order chi connectivity index (χ0) is 11.5. The summed E-state index contributed by atoms with van der Waals surface area (Å²) in [5, 5.41) is 7.57. The van der Waals surface area contributed by atoms with Crippen LogP contribution in [0.15, 0.2) is 0 Å². The van der Waals surface area contributed by atoms with Gasteiger partial charge in [0, 0.05) is 0 Å². The molecule has 4 nitrogen and oxygen atoms in total. The van der Waals surface area contributed by atoms with E-state index in [0.717, 1.165) is 0 Å². The van der Waals surface area contributed by atoms with Crippen LogP contribution in [0, 0.1) is 0 Å². The summed E-state index contributed by atoms with van der Waals surface area (Å²) in [4.78, 5) is 10.7. The van der Waals surface area contributed by atoms with E-state index in [1.54, 1.807) is 0 Å². The lowest BCUT2D eigenvalue weighted by Gasteiger charge is -1.98. The largest absolute Gasteiger partial charge is 0.445 e. The number of carbonyl (C=O) groups is 1. The molecule has 0 saturated heterocycles. The van der Waals surface area contributed by atoms with Gasteiger partial charge in [0.25, 0.3) is 0 Å². The lowest BCUT2D eigenvalue weighted by molar-refractivity contribution is -0.138. The molecule has 84 valence electrons. The number of alkyl halides is 4. The molecule has 0 atom stereocenters. The van der Waals surface area contributed by atoms with E-state index in [2.05, 4.69) is 15.5 Å². The van der Waals surface area contributed by atoms with Crippen LogP contribution in [0.2, 0.25) is 0 Å². The lowest BCUT2D eigenvalue weighted by atomic mass is 10.6. The molecule has 0 aliphatic carbocycles. The Bertz CT molecular complexity index is 354. The van der Waals surface area contributed by atoms with Crippen molar-refractivity contribution in [1.29, 1.82) is 0 Å². The molecule has 0 bridgehead atoms. The van der Waals surface area contributed by atoms with Crippen LogP contribution in [0.4, 0.5) is 13.2 Å². The minimum Gasteiger partial charge on any atom is -0.348 e. The third-order valence-electron chi connectivity index (χ3n) is 1.27. The van der Waals surface area contributed by atoms with E-state index in [4.69, 9.17) is 11.6 Å². The first-order chi connectivity index (χ1) is 6.93. The molecule has 1 rings (SSSR count). The average molecular weight is 260 g/mol. The van der Waals surface area contributed by atoms with Crippen molar-refractivity contribution in [2.75, 3.05) is 5.88 Å². The predicted molar refractivity (Wildman–Crippen MR) is 47.5 cm³/mol. The molecule has 0 aromatic carbocycles. The zero-order valence-corrected chi connectivity index (χ0v) is 8.71. The van der Waals surface area contributed by atoms with Crippen molar-refractivity contribution in [3.05, 3.63) is 10.0 Å². The van der Waals surface area contributed by atoms with Crippen LogP contribution >= 0.6 is 22.9 Å². The standard InChI is InChI=1S/C6H5ClF3N3OS/c7-1-3(14)11-2-4-12-13-5(15-4)6(8,9)10/h1-2H2,(H,11,14). The van der Waals surface area contributed by atoms with Crippen LogP contribution < -0.4 is 5.32 Å². The van der Waals surface area contributed by atoms with Crippen molar-refractivity contribution >= 4 is 28.8 Å². The van der Waals surface area contributed by atoms with Crippen molar-refractivity contribution in [2.24, 2.45) is 0 Å². The Balaban J connectivity index is 2.58. The highest BCUT2D eigenvalue weighted by Crippen LogP contribution is 2.31. The number of amides is 1. The monoisotopic (exact) mass is 259 g/mol. The number of hydrogen-bond acceptors (Lipinski definition) is 4. The average Bonchev–Trinajstić information content (AvgIpc) is 2.61. The minimum absolute atomic E-state index is 0.0841. The summed E-state index contributed by atoms with van der Waals surface area (Å²) in [6.07, 6.45) is -4.49. The molecule has 9 heteroatoms. The summed E-state index contributed by atoms with van der Waals surface area (Å²) >= 11 is 5.56. The van der Waals surface area contributed by atoms with Gasteiger partial charge < -0.3 is 5.32 Å². The fraction of sp³-hybridized carbons (Fsp3) is 0.500. The van der Waals surface area contributed by atoms with Crippen molar-refractivity contribution in [3.8, 4) is 0 Å². The minimum atomic E-state index is -4.49. The zero-order valence-electron chi connectivity index (χ0n) is 7.14. The van der Waals surface area contributed by atoms with Crippen molar-refractivity contribution in [3.63, 3.8) is 0 Å². The van der Waals surface area contributed by atoms with Crippen LogP contribution in [-0.2, 0) is 17.5 Å². The van der Waals surface area contributed by atoms with Crippen LogP contribution in [-0.4, -0.2) is 22.0 Å². The first kappa shape index (κ1) is 12.2. The third kappa shape index (κ3) is 3.63. The van der Waals surface area contributed by atoms with E-state index < -0.39 is 17.1 Å². The van der Waals surface area contributed by atoms with Gasteiger partial charge in [0.15, 0.2) is 0 Å². The van der Waals surface area contributed by atoms with Crippen molar-refractivity contribution in [2.45, 2.75) is 12.7 Å². The molecule has 1 N–H and O–H groups in total. The number of nitrogens with zero attached hydrogens (tertiary/aromatic N) is 2. The van der Waals surface area contributed by atoms with Crippen LogP contribution in [0.3, 0.4) is 0 Å². The van der Waals surface area contributed by atoms with E-state index >= 15 is 0 Å². The molecule has 0 spiro atoms. The maximum atomic E-state index is 12.1. The fourth-order valence-corrected chi connectivity index (χ4v) is 1.40. The molecule has 1 amide bonds. The summed E-state index contributed by atoms with van der Waals surface area (Å²) in [5.74, 6) is -0.717. The van der Waals surface area contributed by atoms with Gasteiger partial charge in [0.2, 0.25) is 10.9 Å². The number of rotatable bonds is 3. The second-order valence-electron chi connectivity index (χ2n) is 2.41. The Morgan fingerprint density at radius 2 is 2.13 bits per heavy atom. The number of halogens is 4. The topological polar surface area (TPSA) is 54.9 Å². The molecule has 0 unspecified atom stereocenters. The molecular weight excluding hydrogens is 255 g/mol. The van der Waals surface area contributed by atoms with Gasteiger partial charge in [-0.05, 0) is 0 Å². The van der Waals surface area contributed by atoms with Gasteiger partial charge in [-0.3, -0.25) is 4.79 Å². The third-order valence-corrected chi connectivity index (χ3v) is 2.48. The first-order valence-corrected chi connectivity index (χ1v) is 5.01. The summed E-state index contributed by atoms with van der Waals surface area (Å²) in [6.45, 7) is -0.0979. The quantitative estimate of drug-likeness (QED) is 0.835. The van der Waals surface area contributed by atoms with Gasteiger partial charge in [-0.1, -0.05) is 11.3 Å². The smallest absolute Gasteiger partial charge is 0.348 e. The highest BCUT2D eigenvalue weighted by atomic mass is 35.5. The lowest BCUT2D eigenvalue weighted by Crippen LogP contribution is -2.23. The molecule has 0 saturated carbocycles. The highest BCUT2D eigenvalue weighted by molar-refractivity contribution is 7.11. The van der Waals surface area contributed by atoms with Gasteiger partial charge in [0.05, 0.1) is 6.54 Å². The molecule has 15 heavy (non-hydrogen) atoms. The van der Waals surface area contributed by atoms with Gasteiger partial charge in [-0.25, -0.2) is 0 Å². The molecular formula is C6H5ClF3N3OS. The SMILES string of the molecule is O=C(CCl)NCc1nnc(C(F)(F)F)s1. The van der Waals surface area contributed by atoms with Crippen molar-refractivity contribution < 1.29 is 18.0 Å². The molecule has 0 aliphatic heterocycles. The predicted octanol–water partition coefficient (Wildman–Crippen LogP) is 1.41. The molecule has 1 heterocycles. The van der Waals surface area contributed by atoms with Gasteiger partial charge in [0.1, 0.15) is 10.9 Å². The van der Waals surface area contributed by atoms with E-state index in [9.17, 15) is 18.0 Å². The van der Waals surface area contributed by atoms with Crippen LogP contribution in [0.5, 0.6) is 0 Å². The van der Waals surface area contributed by atoms with Crippen LogP contribution in [0.25, 0.3) is 0 Å². The van der Waals surface area contributed by atoms with E-state index in [1.165, 1.54) is 0 Å². The second kappa shape index (κ2) is 4.75. The maximum Gasteiger partial charge on any atom is 0.445 e. The van der Waals surface area contributed by atoms with Gasteiger partial charge in [-0.2, -0.15) is 13.2 Å². The molecule has 1 aromatic rings. The van der Waals surface area contributed by atoms with E-state index in [0.29, 0.717) is 11.3 Å². The summed E-state index contributed by atoms with van der Waals surface area (Å²) in [6, 6.07) is 0. The number of carbonyl (C=O) groups excluding carboxylic acids is 1. The molecule has 0 radical (unpaired) electrons. The Morgan fingerprint density at radius 3 is 2.60 bits per heavy atom. The fourth-order valence-electron chi connectivity index (χ4n) is 0.661. The maximum absolute atomic E-state index is 12.1. The summed E-state index contributed by atoms with van der Waals surface area (Å²) in [5.41, 5.74) is 0. The normalized spacial score (nSPS) is 11.5. The number of aromatic nitrogens is 2. The molecule has 1 aromatic heterocycles. The van der Waals surface area contributed by atoms with E-state index in [1.807, 2.05) is 0 Å². The Kier molecular flexibility index (Phi) is 3.86.